The molecule has 0 unspecified atom stereocenters. The number of carbonyl (C=O) groups is 1. The summed E-state index contributed by atoms with van der Waals surface area (Å²) in [5.74, 6) is -1.91. The maximum absolute atomic E-state index is 12.9. The van der Waals surface area contributed by atoms with Crippen LogP contribution in [0.3, 0.4) is 0 Å². The van der Waals surface area contributed by atoms with E-state index in [1.54, 1.807) is 0 Å². The molecule has 0 aliphatic carbocycles. The Morgan fingerprint density at radius 2 is 1.76 bits per heavy atom. The first-order valence-electron chi connectivity index (χ1n) is 5.66. The van der Waals surface area contributed by atoms with Gasteiger partial charge in [0.15, 0.2) is 0 Å². The van der Waals surface area contributed by atoms with Crippen molar-refractivity contribution in [1.82, 2.24) is 0 Å². The Bertz CT molecular complexity index is 683. The smallest absolute Gasteiger partial charge is 0.419 e. The van der Waals surface area contributed by atoms with Crippen molar-refractivity contribution in [3.05, 3.63) is 58.1 Å². The Kier molecular flexibility index (Phi) is 4.22. The fourth-order valence-electron chi connectivity index (χ4n) is 1.67. The molecule has 2 aromatic carbocycles. The fourth-order valence-corrected chi connectivity index (χ4v) is 2.03. The van der Waals surface area contributed by atoms with Crippen molar-refractivity contribution in [1.29, 1.82) is 0 Å². The summed E-state index contributed by atoms with van der Waals surface area (Å²) in [7, 11) is 0. The molecule has 0 heterocycles. The lowest BCUT2D eigenvalue weighted by Gasteiger charge is -2.14. The van der Waals surface area contributed by atoms with Gasteiger partial charge in [-0.15, -0.1) is 0 Å². The number of carboxylic acids is 1. The molecule has 1 N–H and O–H groups in total. The minimum absolute atomic E-state index is 0.164. The second-order valence-corrected chi connectivity index (χ2v) is 4.96. The zero-order valence-electron chi connectivity index (χ0n) is 10.3. The van der Waals surface area contributed by atoms with Crippen LogP contribution in [0.1, 0.15) is 15.9 Å². The average Bonchev–Trinajstić information content (AvgIpc) is 2.40. The number of halogens is 4. The van der Waals surface area contributed by atoms with E-state index in [0.29, 0.717) is 4.47 Å². The SMILES string of the molecule is O=C(O)c1cc(Br)ccc1Oc1ccccc1C(F)(F)F. The van der Waals surface area contributed by atoms with Crippen molar-refractivity contribution >= 4 is 21.9 Å². The summed E-state index contributed by atoms with van der Waals surface area (Å²) >= 11 is 3.10. The van der Waals surface area contributed by atoms with Gasteiger partial charge in [0, 0.05) is 4.47 Å². The number of rotatable bonds is 3. The van der Waals surface area contributed by atoms with Gasteiger partial charge in [0.1, 0.15) is 17.1 Å². The molecule has 0 amide bonds. The highest BCUT2D eigenvalue weighted by atomic mass is 79.9. The van der Waals surface area contributed by atoms with Gasteiger partial charge in [-0.25, -0.2) is 4.79 Å². The standard InChI is InChI=1S/C14H8BrF3O3/c15-8-5-6-11(9(7-8)13(19)20)21-12-4-2-1-3-10(12)14(16,17)18/h1-7H,(H,19,20). The molecule has 0 bridgehead atoms. The van der Waals surface area contributed by atoms with Gasteiger partial charge in [0.2, 0.25) is 0 Å². The molecule has 0 aliphatic heterocycles. The summed E-state index contributed by atoms with van der Waals surface area (Å²) in [4.78, 5) is 11.1. The molecule has 3 nitrogen and oxygen atoms in total. The van der Waals surface area contributed by atoms with Crippen molar-refractivity contribution in [2.75, 3.05) is 0 Å². The molecule has 21 heavy (non-hydrogen) atoms. The largest absolute Gasteiger partial charge is 0.478 e. The van der Waals surface area contributed by atoms with Crippen LogP contribution in [0, 0.1) is 0 Å². The highest BCUT2D eigenvalue weighted by Crippen LogP contribution is 2.38. The molecular formula is C14H8BrF3O3. The number of aromatic carboxylic acids is 1. The molecule has 110 valence electrons. The molecule has 7 heteroatoms. The summed E-state index contributed by atoms with van der Waals surface area (Å²) in [5.41, 5.74) is -1.20. The third kappa shape index (κ3) is 3.55. The van der Waals surface area contributed by atoms with E-state index in [0.717, 1.165) is 12.1 Å². The molecule has 0 aliphatic rings. The number of ether oxygens (including phenoxy) is 1. The van der Waals surface area contributed by atoms with E-state index < -0.39 is 23.5 Å². The van der Waals surface area contributed by atoms with Crippen molar-refractivity contribution in [3.8, 4) is 11.5 Å². The third-order valence-electron chi connectivity index (χ3n) is 2.58. The number of para-hydroxylation sites is 1. The lowest BCUT2D eigenvalue weighted by molar-refractivity contribution is -0.138. The first-order chi connectivity index (χ1) is 9.79. The number of hydrogen-bond donors (Lipinski definition) is 1. The predicted octanol–water partition coefficient (Wildman–Crippen LogP) is 4.96. The monoisotopic (exact) mass is 360 g/mol. The van der Waals surface area contributed by atoms with Crippen LogP contribution in [-0.2, 0) is 6.18 Å². The first-order valence-corrected chi connectivity index (χ1v) is 6.45. The van der Waals surface area contributed by atoms with Crippen molar-refractivity contribution in [2.45, 2.75) is 6.18 Å². The summed E-state index contributed by atoms with van der Waals surface area (Å²) in [6.07, 6.45) is -4.59. The van der Waals surface area contributed by atoms with E-state index in [4.69, 9.17) is 9.84 Å². The quantitative estimate of drug-likeness (QED) is 0.841. The number of hydrogen-bond acceptors (Lipinski definition) is 2. The summed E-state index contributed by atoms with van der Waals surface area (Å²) < 4.78 is 44.3. The van der Waals surface area contributed by atoms with Gasteiger partial charge < -0.3 is 9.84 Å². The Hall–Kier alpha value is -2.02. The molecule has 0 saturated heterocycles. The normalized spacial score (nSPS) is 11.2. The molecule has 2 rings (SSSR count). The van der Waals surface area contributed by atoms with Crippen LogP contribution < -0.4 is 4.74 Å². The second kappa shape index (κ2) is 5.77. The minimum Gasteiger partial charge on any atom is -0.478 e. The second-order valence-electron chi connectivity index (χ2n) is 4.04. The summed E-state index contributed by atoms with van der Waals surface area (Å²) in [5, 5.41) is 9.07. The molecule has 0 spiro atoms. The highest BCUT2D eigenvalue weighted by molar-refractivity contribution is 9.10. The molecule has 0 fully saturated rings. The molecule has 0 atom stereocenters. The van der Waals surface area contributed by atoms with Crippen molar-refractivity contribution in [3.63, 3.8) is 0 Å². The van der Waals surface area contributed by atoms with Crippen LogP contribution >= 0.6 is 15.9 Å². The zero-order chi connectivity index (χ0) is 15.6. The van der Waals surface area contributed by atoms with Crippen LogP contribution in [0.25, 0.3) is 0 Å². The predicted molar refractivity (Wildman–Crippen MR) is 72.6 cm³/mol. The van der Waals surface area contributed by atoms with Gasteiger partial charge in [-0.2, -0.15) is 13.2 Å². The van der Waals surface area contributed by atoms with Crippen molar-refractivity contribution in [2.24, 2.45) is 0 Å². The van der Waals surface area contributed by atoms with E-state index >= 15 is 0 Å². The lowest BCUT2D eigenvalue weighted by atomic mass is 10.1. The van der Waals surface area contributed by atoms with Gasteiger partial charge in [0.25, 0.3) is 0 Å². The van der Waals surface area contributed by atoms with Gasteiger partial charge >= 0.3 is 12.1 Å². The van der Waals surface area contributed by atoms with E-state index in [1.165, 1.54) is 30.3 Å². The van der Waals surface area contributed by atoms with E-state index in [9.17, 15) is 18.0 Å². The number of carboxylic acid groups (broad SMARTS) is 1. The molecule has 0 saturated carbocycles. The Morgan fingerprint density at radius 1 is 1.10 bits per heavy atom. The molecule has 2 aromatic rings. The lowest BCUT2D eigenvalue weighted by Crippen LogP contribution is -2.08. The molecule has 0 aromatic heterocycles. The molecular weight excluding hydrogens is 353 g/mol. The van der Waals surface area contributed by atoms with Gasteiger partial charge in [0.05, 0.1) is 5.56 Å². The minimum atomic E-state index is -4.59. The Morgan fingerprint density at radius 3 is 2.38 bits per heavy atom. The third-order valence-corrected chi connectivity index (χ3v) is 3.08. The van der Waals surface area contributed by atoms with E-state index in [-0.39, 0.29) is 11.3 Å². The number of alkyl halides is 3. The zero-order valence-corrected chi connectivity index (χ0v) is 11.9. The summed E-state index contributed by atoms with van der Waals surface area (Å²) in [6, 6.07) is 8.65. The fraction of sp³-hybridized carbons (Fsp3) is 0.0714. The maximum atomic E-state index is 12.9. The van der Waals surface area contributed by atoms with Crippen LogP contribution in [0.4, 0.5) is 13.2 Å². The van der Waals surface area contributed by atoms with E-state index in [1.807, 2.05) is 0 Å². The van der Waals surface area contributed by atoms with Crippen LogP contribution in [0.2, 0.25) is 0 Å². The van der Waals surface area contributed by atoms with Crippen LogP contribution in [0.15, 0.2) is 46.9 Å². The van der Waals surface area contributed by atoms with Gasteiger partial charge in [-0.05, 0) is 30.3 Å². The van der Waals surface area contributed by atoms with Gasteiger partial charge in [-0.1, -0.05) is 28.1 Å². The highest BCUT2D eigenvalue weighted by Gasteiger charge is 2.34. The van der Waals surface area contributed by atoms with Crippen LogP contribution in [0.5, 0.6) is 11.5 Å². The maximum Gasteiger partial charge on any atom is 0.419 e. The average molecular weight is 361 g/mol. The van der Waals surface area contributed by atoms with Gasteiger partial charge in [-0.3, -0.25) is 0 Å². The van der Waals surface area contributed by atoms with E-state index in [2.05, 4.69) is 15.9 Å². The van der Waals surface area contributed by atoms with Crippen molar-refractivity contribution < 1.29 is 27.8 Å². The Balaban J connectivity index is 2.47. The summed E-state index contributed by atoms with van der Waals surface area (Å²) in [6.45, 7) is 0. The first kappa shape index (κ1) is 15.4. The van der Waals surface area contributed by atoms with Crippen LogP contribution in [-0.4, -0.2) is 11.1 Å². The molecule has 0 radical (unpaired) electrons. The topological polar surface area (TPSA) is 46.5 Å². The number of benzene rings is 2. The Labute approximate surface area is 126 Å².